The molecule has 0 saturated carbocycles. The first-order chi connectivity index (χ1) is 11.6. The van der Waals surface area contributed by atoms with E-state index in [4.69, 9.17) is 4.74 Å². The lowest BCUT2D eigenvalue weighted by atomic mass is 10.2. The van der Waals surface area contributed by atoms with Gasteiger partial charge in [-0.2, -0.15) is 5.10 Å². The highest BCUT2D eigenvalue weighted by atomic mass is 16.5. The molecule has 0 atom stereocenters. The van der Waals surface area contributed by atoms with Crippen LogP contribution in [0.15, 0.2) is 24.3 Å². The molecule has 0 fully saturated rings. The minimum Gasteiger partial charge on any atom is -0.451 e. The van der Waals surface area contributed by atoms with Crippen LogP contribution in [0.4, 0.5) is 0 Å². The van der Waals surface area contributed by atoms with Gasteiger partial charge in [0, 0.05) is 18.5 Å². The maximum atomic E-state index is 12.1. The van der Waals surface area contributed by atoms with Crippen molar-refractivity contribution < 1.29 is 19.1 Å². The van der Waals surface area contributed by atoms with Crippen LogP contribution in [0.5, 0.6) is 0 Å². The van der Waals surface area contributed by atoms with E-state index in [-0.39, 0.29) is 18.1 Å². The number of H-pyrrole nitrogens is 1. The number of para-hydroxylation sites is 1. The molecule has 0 radical (unpaired) electrons. The van der Waals surface area contributed by atoms with Crippen molar-refractivity contribution in [2.45, 2.75) is 13.8 Å². The number of ether oxygens (including phenoxy) is 1. The number of carbonyl (C=O) groups is 3. The van der Waals surface area contributed by atoms with Crippen LogP contribution in [0, 0.1) is 0 Å². The molecule has 2 aromatic rings. The lowest BCUT2D eigenvalue weighted by Gasteiger charge is -2.19. The second kappa shape index (κ2) is 8.09. The number of carbonyl (C=O) groups excluding carboxylic acids is 3. The minimum absolute atomic E-state index is 0.0634. The van der Waals surface area contributed by atoms with E-state index in [1.165, 1.54) is 4.90 Å². The zero-order valence-electron chi connectivity index (χ0n) is 13.7. The zero-order valence-corrected chi connectivity index (χ0v) is 13.7. The molecule has 24 heavy (non-hydrogen) atoms. The number of hydrogen-bond acceptors (Lipinski definition) is 5. The zero-order chi connectivity index (χ0) is 17.5. The number of fused-ring (bicyclic) bond motifs is 1. The first-order valence-corrected chi connectivity index (χ1v) is 7.71. The molecule has 2 amide bonds. The molecule has 1 aromatic carbocycles. The average Bonchev–Trinajstić information content (AvgIpc) is 3.01. The Morgan fingerprint density at radius 1 is 1.25 bits per heavy atom. The van der Waals surface area contributed by atoms with Gasteiger partial charge in [0.05, 0.1) is 12.1 Å². The molecule has 0 spiro atoms. The van der Waals surface area contributed by atoms with Gasteiger partial charge in [-0.3, -0.25) is 14.7 Å². The Hall–Kier alpha value is -2.90. The SMILES string of the molecule is CCNC(=O)CN(CC)C(=O)COC(=O)c1n[nH]c2ccccc12. The average molecular weight is 332 g/mol. The summed E-state index contributed by atoms with van der Waals surface area (Å²) in [6.07, 6.45) is 0. The predicted molar refractivity (Wildman–Crippen MR) is 87.3 cm³/mol. The molecule has 8 nitrogen and oxygen atoms in total. The molecule has 0 unspecified atom stereocenters. The molecule has 1 heterocycles. The van der Waals surface area contributed by atoms with Crippen molar-refractivity contribution in [1.82, 2.24) is 20.4 Å². The predicted octanol–water partition coefficient (Wildman–Crippen LogP) is 0.704. The van der Waals surface area contributed by atoms with E-state index in [0.29, 0.717) is 24.0 Å². The van der Waals surface area contributed by atoms with Crippen LogP contribution >= 0.6 is 0 Å². The summed E-state index contributed by atoms with van der Waals surface area (Å²) in [5, 5.41) is 9.90. The van der Waals surface area contributed by atoms with E-state index in [1.807, 2.05) is 6.07 Å². The second-order valence-electron chi connectivity index (χ2n) is 5.06. The summed E-state index contributed by atoms with van der Waals surface area (Å²) in [6.45, 7) is 3.89. The summed E-state index contributed by atoms with van der Waals surface area (Å²) >= 11 is 0. The highest BCUT2D eigenvalue weighted by molar-refractivity contribution is 6.02. The molecule has 128 valence electrons. The monoisotopic (exact) mass is 332 g/mol. The Morgan fingerprint density at radius 2 is 2.00 bits per heavy atom. The van der Waals surface area contributed by atoms with Crippen molar-refractivity contribution in [3.63, 3.8) is 0 Å². The fourth-order valence-electron chi connectivity index (χ4n) is 2.21. The largest absolute Gasteiger partial charge is 0.451 e. The Bertz CT molecular complexity index is 741. The van der Waals surface area contributed by atoms with Gasteiger partial charge in [0.1, 0.15) is 0 Å². The summed E-state index contributed by atoms with van der Waals surface area (Å²) in [6, 6.07) is 7.13. The third-order valence-corrected chi connectivity index (χ3v) is 3.43. The van der Waals surface area contributed by atoms with E-state index >= 15 is 0 Å². The number of amides is 2. The lowest BCUT2D eigenvalue weighted by molar-refractivity contribution is -0.138. The maximum absolute atomic E-state index is 12.1. The fraction of sp³-hybridized carbons (Fsp3) is 0.375. The highest BCUT2D eigenvalue weighted by Crippen LogP contribution is 2.15. The van der Waals surface area contributed by atoms with Crippen LogP contribution in [-0.2, 0) is 14.3 Å². The van der Waals surface area contributed by atoms with E-state index in [1.54, 1.807) is 32.0 Å². The van der Waals surface area contributed by atoms with Gasteiger partial charge >= 0.3 is 5.97 Å². The molecule has 0 aliphatic carbocycles. The normalized spacial score (nSPS) is 10.4. The number of esters is 1. The number of nitrogens with one attached hydrogen (secondary N) is 2. The van der Waals surface area contributed by atoms with Gasteiger partial charge in [-0.25, -0.2) is 4.79 Å². The van der Waals surface area contributed by atoms with Crippen molar-refractivity contribution in [2.75, 3.05) is 26.2 Å². The van der Waals surface area contributed by atoms with Crippen LogP contribution in [0.3, 0.4) is 0 Å². The quantitative estimate of drug-likeness (QED) is 0.727. The Morgan fingerprint density at radius 3 is 2.71 bits per heavy atom. The second-order valence-corrected chi connectivity index (χ2v) is 5.06. The first kappa shape index (κ1) is 17.5. The van der Waals surface area contributed by atoms with Crippen molar-refractivity contribution in [2.24, 2.45) is 0 Å². The standard InChI is InChI=1S/C16H20N4O4/c1-3-17-13(21)9-20(4-2)14(22)10-24-16(23)15-11-7-5-6-8-12(11)18-19-15/h5-8H,3-4,9-10H2,1-2H3,(H,17,21)(H,18,19). The van der Waals surface area contributed by atoms with Crippen LogP contribution < -0.4 is 5.32 Å². The molecular formula is C16H20N4O4. The van der Waals surface area contributed by atoms with Crippen LogP contribution in [0.1, 0.15) is 24.3 Å². The van der Waals surface area contributed by atoms with Crippen molar-refractivity contribution in [3.8, 4) is 0 Å². The Labute approximate surface area is 139 Å². The fourth-order valence-corrected chi connectivity index (χ4v) is 2.21. The van der Waals surface area contributed by atoms with Gasteiger partial charge in [0.2, 0.25) is 5.91 Å². The van der Waals surface area contributed by atoms with Crippen molar-refractivity contribution in [3.05, 3.63) is 30.0 Å². The Kier molecular flexibility index (Phi) is 5.89. The highest BCUT2D eigenvalue weighted by Gasteiger charge is 2.20. The van der Waals surface area contributed by atoms with Gasteiger partial charge in [0.25, 0.3) is 5.91 Å². The molecule has 0 aliphatic heterocycles. The van der Waals surface area contributed by atoms with Gasteiger partial charge in [0.15, 0.2) is 12.3 Å². The number of likely N-dealkylation sites (N-methyl/N-ethyl adjacent to an activating group) is 2. The summed E-state index contributed by atoms with van der Waals surface area (Å²) in [7, 11) is 0. The number of nitrogens with zero attached hydrogens (tertiary/aromatic N) is 2. The molecule has 0 bridgehead atoms. The number of aromatic nitrogens is 2. The molecule has 2 N–H and O–H groups in total. The minimum atomic E-state index is -0.685. The maximum Gasteiger partial charge on any atom is 0.359 e. The van der Waals surface area contributed by atoms with Crippen LogP contribution in [-0.4, -0.2) is 59.1 Å². The third kappa shape index (κ3) is 4.09. The Balaban J connectivity index is 1.95. The van der Waals surface area contributed by atoms with Gasteiger partial charge in [-0.1, -0.05) is 18.2 Å². The third-order valence-electron chi connectivity index (χ3n) is 3.43. The molecule has 8 heteroatoms. The molecule has 1 aromatic heterocycles. The lowest BCUT2D eigenvalue weighted by Crippen LogP contribution is -2.42. The van der Waals surface area contributed by atoms with Crippen LogP contribution in [0.2, 0.25) is 0 Å². The number of benzene rings is 1. The number of aromatic amines is 1. The smallest absolute Gasteiger partial charge is 0.359 e. The van der Waals surface area contributed by atoms with E-state index in [2.05, 4.69) is 15.5 Å². The molecular weight excluding hydrogens is 312 g/mol. The summed E-state index contributed by atoms with van der Waals surface area (Å²) in [5.74, 6) is -1.37. The number of hydrogen-bond donors (Lipinski definition) is 2. The van der Waals surface area contributed by atoms with Gasteiger partial charge < -0.3 is 15.0 Å². The van der Waals surface area contributed by atoms with Crippen LogP contribution in [0.25, 0.3) is 10.9 Å². The number of rotatable bonds is 7. The molecule has 0 aliphatic rings. The van der Waals surface area contributed by atoms with E-state index < -0.39 is 18.5 Å². The van der Waals surface area contributed by atoms with E-state index in [0.717, 1.165) is 0 Å². The van der Waals surface area contributed by atoms with Crippen molar-refractivity contribution >= 4 is 28.7 Å². The summed E-state index contributed by atoms with van der Waals surface area (Å²) < 4.78 is 5.04. The van der Waals surface area contributed by atoms with E-state index in [9.17, 15) is 14.4 Å². The first-order valence-electron chi connectivity index (χ1n) is 7.71. The molecule has 2 rings (SSSR count). The topological polar surface area (TPSA) is 104 Å². The van der Waals surface area contributed by atoms with Crippen molar-refractivity contribution in [1.29, 1.82) is 0 Å². The molecule has 0 saturated heterocycles. The summed E-state index contributed by atoms with van der Waals surface area (Å²) in [5.41, 5.74) is 0.840. The van der Waals surface area contributed by atoms with Gasteiger partial charge in [-0.15, -0.1) is 0 Å². The summed E-state index contributed by atoms with van der Waals surface area (Å²) in [4.78, 5) is 37.1. The van der Waals surface area contributed by atoms with Gasteiger partial charge in [-0.05, 0) is 19.9 Å².